The Morgan fingerprint density at radius 2 is 0.963 bits per heavy atom. The largest absolute Gasteiger partial charge is 0.472 e. The summed E-state index contributed by atoms with van der Waals surface area (Å²) in [6.45, 7) is 3.66. The van der Waals surface area contributed by atoms with Gasteiger partial charge in [-0.15, -0.1) is 0 Å². The van der Waals surface area contributed by atoms with E-state index < -0.39 is 26.5 Å². The van der Waals surface area contributed by atoms with Gasteiger partial charge in [-0.2, -0.15) is 0 Å². The molecule has 9 nitrogen and oxygen atoms in total. The summed E-state index contributed by atoms with van der Waals surface area (Å²) in [7, 11) is -4.36. The predicted octanol–water partition coefficient (Wildman–Crippen LogP) is 12.8. The van der Waals surface area contributed by atoms with Crippen LogP contribution in [0.2, 0.25) is 0 Å². The average molecular weight is 786 g/mol. The molecule has 2 atom stereocenters. The Kier molecular flexibility index (Phi) is 40.0. The lowest BCUT2D eigenvalue weighted by molar-refractivity contribution is -0.161. The predicted molar refractivity (Wildman–Crippen MR) is 224 cm³/mol. The van der Waals surface area contributed by atoms with Crippen LogP contribution in [0.5, 0.6) is 0 Å². The van der Waals surface area contributed by atoms with Gasteiger partial charge < -0.3 is 20.1 Å². The number of hydrogen-bond donors (Lipinski definition) is 2. The van der Waals surface area contributed by atoms with Crippen molar-refractivity contribution < 1.29 is 37.6 Å². The van der Waals surface area contributed by atoms with Crippen molar-refractivity contribution in [3.8, 4) is 0 Å². The highest BCUT2D eigenvalue weighted by Gasteiger charge is 2.26. The molecule has 0 aromatic carbocycles. The van der Waals surface area contributed by atoms with Gasteiger partial charge in [0.05, 0.1) is 13.2 Å². The Balaban J connectivity index is 3.86. The molecule has 0 aliphatic rings. The number of phosphoric ester groups is 1. The fraction of sp³-hybridized carbons (Fsp3) is 0.864. The van der Waals surface area contributed by atoms with Crippen LogP contribution in [0, 0.1) is 0 Å². The number of allylic oxidation sites excluding steroid dienone is 4. The van der Waals surface area contributed by atoms with Crippen molar-refractivity contribution in [2.75, 3.05) is 26.4 Å². The number of nitrogens with two attached hydrogens (primary N) is 1. The minimum atomic E-state index is -4.36. The summed E-state index contributed by atoms with van der Waals surface area (Å²) >= 11 is 0. The first kappa shape index (κ1) is 52.5. The zero-order chi connectivity index (χ0) is 39.6. The molecule has 54 heavy (non-hydrogen) atoms. The third-order valence-corrected chi connectivity index (χ3v) is 10.6. The van der Waals surface area contributed by atoms with Gasteiger partial charge in [-0.05, 0) is 44.9 Å². The van der Waals surface area contributed by atoms with Crippen molar-refractivity contribution >= 4 is 19.8 Å². The molecular formula is C44H84NO8P. The highest BCUT2D eigenvalue weighted by atomic mass is 31.2. The third kappa shape index (κ3) is 40.2. The number of carbonyl (C=O) groups excluding carboxylic acids is 2. The Bertz CT molecular complexity index is 944. The van der Waals surface area contributed by atoms with Crippen LogP contribution in [-0.2, 0) is 32.7 Å². The highest BCUT2D eigenvalue weighted by molar-refractivity contribution is 7.47. The maximum Gasteiger partial charge on any atom is 0.472 e. The molecule has 0 saturated heterocycles. The molecule has 0 rings (SSSR count). The monoisotopic (exact) mass is 786 g/mol. The molecule has 0 amide bonds. The van der Waals surface area contributed by atoms with Crippen LogP contribution < -0.4 is 5.73 Å². The van der Waals surface area contributed by atoms with Crippen LogP contribution >= 0.6 is 7.82 Å². The Hall–Kier alpha value is -1.51. The normalized spacial score (nSPS) is 13.5. The maximum atomic E-state index is 12.5. The molecule has 0 fully saturated rings. The SMILES string of the molecule is CCCCCCC/C=C\C/C=C\CCCCCCCCCCCCCCCCCC(=O)OC(COC(=O)CCCCCCCC)COP(=O)(O)OCCN. The standard InChI is InChI=1S/C44H84NO8P/c1-3-5-7-9-11-12-13-14-15-16-17-18-19-20-21-22-23-24-25-26-27-28-29-30-31-33-35-37-44(47)53-42(41-52-54(48,49)51-39-38-45)40-50-43(46)36-34-32-10-8-6-4-2/h13-14,16-17,42H,3-12,15,18-41,45H2,1-2H3,(H,48,49)/b14-13-,17-16-. The van der Waals surface area contributed by atoms with E-state index in [1.807, 2.05) is 0 Å². The van der Waals surface area contributed by atoms with Gasteiger partial charge in [0.25, 0.3) is 0 Å². The van der Waals surface area contributed by atoms with E-state index in [2.05, 4.69) is 38.2 Å². The molecule has 0 bridgehead atoms. The van der Waals surface area contributed by atoms with E-state index in [1.165, 1.54) is 135 Å². The van der Waals surface area contributed by atoms with Gasteiger partial charge >= 0.3 is 19.8 Å². The molecule has 0 saturated carbocycles. The number of phosphoric acid groups is 1. The fourth-order valence-electron chi connectivity index (χ4n) is 6.25. The Morgan fingerprint density at radius 3 is 1.41 bits per heavy atom. The van der Waals surface area contributed by atoms with Crippen molar-refractivity contribution in [2.45, 2.75) is 219 Å². The van der Waals surface area contributed by atoms with Gasteiger partial charge in [-0.25, -0.2) is 4.57 Å². The van der Waals surface area contributed by atoms with Crippen molar-refractivity contribution in [1.29, 1.82) is 0 Å². The van der Waals surface area contributed by atoms with Gasteiger partial charge in [0.2, 0.25) is 0 Å². The van der Waals surface area contributed by atoms with E-state index in [4.69, 9.17) is 24.3 Å². The van der Waals surface area contributed by atoms with Crippen LogP contribution in [-0.4, -0.2) is 49.3 Å². The lowest BCUT2D eigenvalue weighted by atomic mass is 10.0. The number of carbonyl (C=O) groups is 2. The first-order valence-electron chi connectivity index (χ1n) is 22.3. The first-order valence-corrected chi connectivity index (χ1v) is 23.8. The summed E-state index contributed by atoms with van der Waals surface area (Å²) in [6, 6.07) is 0. The number of esters is 2. The molecule has 2 unspecified atom stereocenters. The van der Waals surface area contributed by atoms with Crippen LogP contribution in [0.4, 0.5) is 0 Å². The molecule has 0 aromatic heterocycles. The van der Waals surface area contributed by atoms with Gasteiger partial charge in [0.1, 0.15) is 6.61 Å². The van der Waals surface area contributed by atoms with Crippen molar-refractivity contribution in [1.82, 2.24) is 0 Å². The molecule has 3 N–H and O–H groups in total. The van der Waals surface area contributed by atoms with Crippen molar-refractivity contribution in [3.63, 3.8) is 0 Å². The third-order valence-electron chi connectivity index (χ3n) is 9.59. The molecule has 10 heteroatoms. The number of unbranched alkanes of at least 4 members (excludes halogenated alkanes) is 25. The van der Waals surface area contributed by atoms with E-state index >= 15 is 0 Å². The van der Waals surface area contributed by atoms with E-state index in [0.717, 1.165) is 44.9 Å². The molecule has 0 heterocycles. The lowest BCUT2D eigenvalue weighted by Crippen LogP contribution is -2.29. The fourth-order valence-corrected chi connectivity index (χ4v) is 7.02. The quantitative estimate of drug-likeness (QED) is 0.0268. The van der Waals surface area contributed by atoms with E-state index in [1.54, 1.807) is 0 Å². The summed E-state index contributed by atoms with van der Waals surface area (Å²) in [5.74, 6) is -0.832. The summed E-state index contributed by atoms with van der Waals surface area (Å²) in [4.78, 5) is 34.6. The number of ether oxygens (including phenoxy) is 2. The number of hydrogen-bond acceptors (Lipinski definition) is 8. The second-order valence-electron chi connectivity index (χ2n) is 14.9. The first-order chi connectivity index (χ1) is 26.3. The van der Waals surface area contributed by atoms with E-state index in [-0.39, 0.29) is 38.6 Å². The summed E-state index contributed by atoms with van der Waals surface area (Å²) < 4.78 is 32.6. The molecule has 0 spiro atoms. The van der Waals surface area contributed by atoms with Gasteiger partial charge in [-0.3, -0.25) is 18.6 Å². The molecular weight excluding hydrogens is 701 g/mol. The van der Waals surface area contributed by atoms with E-state index in [0.29, 0.717) is 6.42 Å². The minimum absolute atomic E-state index is 0.0552. The molecule has 318 valence electrons. The zero-order valence-corrected chi connectivity index (χ0v) is 35.9. The molecule has 0 radical (unpaired) electrons. The maximum absolute atomic E-state index is 12.5. The van der Waals surface area contributed by atoms with Gasteiger partial charge in [0.15, 0.2) is 6.10 Å². The number of rotatable bonds is 42. The molecule has 0 aliphatic carbocycles. The smallest absolute Gasteiger partial charge is 0.462 e. The average Bonchev–Trinajstić information content (AvgIpc) is 3.16. The van der Waals surface area contributed by atoms with Gasteiger partial charge in [0, 0.05) is 19.4 Å². The summed E-state index contributed by atoms with van der Waals surface area (Å²) in [5, 5.41) is 0. The molecule has 0 aliphatic heterocycles. The van der Waals surface area contributed by atoms with Crippen molar-refractivity contribution in [3.05, 3.63) is 24.3 Å². The Labute approximate surface area is 332 Å². The summed E-state index contributed by atoms with van der Waals surface area (Å²) in [5.41, 5.74) is 5.33. The van der Waals surface area contributed by atoms with Crippen LogP contribution in [0.1, 0.15) is 213 Å². The van der Waals surface area contributed by atoms with E-state index in [9.17, 15) is 19.0 Å². The Morgan fingerprint density at radius 1 is 0.556 bits per heavy atom. The lowest BCUT2D eigenvalue weighted by Gasteiger charge is -2.19. The minimum Gasteiger partial charge on any atom is -0.462 e. The van der Waals surface area contributed by atoms with Crippen LogP contribution in [0.15, 0.2) is 24.3 Å². The summed E-state index contributed by atoms with van der Waals surface area (Å²) in [6.07, 6.45) is 44.0. The van der Waals surface area contributed by atoms with Crippen LogP contribution in [0.3, 0.4) is 0 Å². The molecule has 0 aromatic rings. The van der Waals surface area contributed by atoms with Crippen LogP contribution in [0.25, 0.3) is 0 Å². The zero-order valence-electron chi connectivity index (χ0n) is 35.0. The highest BCUT2D eigenvalue weighted by Crippen LogP contribution is 2.43. The topological polar surface area (TPSA) is 134 Å². The second kappa shape index (κ2) is 41.1. The van der Waals surface area contributed by atoms with Crippen molar-refractivity contribution in [2.24, 2.45) is 5.73 Å². The second-order valence-corrected chi connectivity index (χ2v) is 16.4. The van der Waals surface area contributed by atoms with Gasteiger partial charge in [-0.1, -0.05) is 179 Å².